The lowest BCUT2D eigenvalue weighted by molar-refractivity contribution is 0.0529. The van der Waals surface area contributed by atoms with E-state index < -0.39 is 0 Å². The number of piperazine rings is 1. The highest BCUT2D eigenvalue weighted by atomic mass is 15.3. The van der Waals surface area contributed by atoms with E-state index in [1.807, 2.05) is 0 Å². The van der Waals surface area contributed by atoms with E-state index in [1.54, 1.807) is 0 Å². The second kappa shape index (κ2) is 6.47. The summed E-state index contributed by atoms with van der Waals surface area (Å²) in [4.78, 5) is 5.39. The second-order valence-electron chi connectivity index (χ2n) is 6.79. The van der Waals surface area contributed by atoms with Crippen molar-refractivity contribution in [1.82, 2.24) is 15.1 Å². The predicted molar refractivity (Wildman–Crippen MR) is 88.6 cm³/mol. The molecule has 3 nitrogen and oxygen atoms in total. The Balaban J connectivity index is 1.70. The molecule has 2 heterocycles. The van der Waals surface area contributed by atoms with E-state index in [-0.39, 0.29) is 0 Å². The lowest BCUT2D eigenvalue weighted by Gasteiger charge is -2.43. The Bertz CT molecular complexity index is 473. The molecule has 3 heteroatoms. The summed E-state index contributed by atoms with van der Waals surface area (Å²) in [7, 11) is 2.09. The lowest BCUT2D eigenvalue weighted by Crippen LogP contribution is -2.56. The lowest BCUT2D eigenvalue weighted by atomic mass is 9.99. The molecule has 0 bridgehead atoms. The summed E-state index contributed by atoms with van der Waals surface area (Å²) >= 11 is 0. The van der Waals surface area contributed by atoms with E-state index in [9.17, 15) is 0 Å². The molecule has 2 aliphatic rings. The summed E-state index contributed by atoms with van der Waals surface area (Å²) < 4.78 is 0. The zero-order chi connectivity index (χ0) is 14.8. The topological polar surface area (TPSA) is 18.5 Å². The molecule has 0 aromatic heterocycles. The van der Waals surface area contributed by atoms with Crippen LogP contribution in [0.4, 0.5) is 0 Å². The van der Waals surface area contributed by atoms with Crippen LogP contribution in [-0.2, 0) is 0 Å². The number of nitrogens with zero attached hydrogens (tertiary/aromatic N) is 2. The minimum atomic E-state index is 0.432. The van der Waals surface area contributed by atoms with Gasteiger partial charge in [0.2, 0.25) is 0 Å². The Morgan fingerprint density at radius 2 is 2.10 bits per heavy atom. The minimum absolute atomic E-state index is 0.432. The highest BCUT2D eigenvalue weighted by molar-refractivity contribution is 5.29. The van der Waals surface area contributed by atoms with Gasteiger partial charge in [-0.2, -0.15) is 0 Å². The van der Waals surface area contributed by atoms with Crippen molar-refractivity contribution < 1.29 is 0 Å². The van der Waals surface area contributed by atoms with Crippen molar-refractivity contribution >= 4 is 0 Å². The summed E-state index contributed by atoms with van der Waals surface area (Å²) in [6, 6.07) is 10.7. The van der Waals surface area contributed by atoms with Crippen LogP contribution in [0.2, 0.25) is 0 Å². The number of hydrogen-bond acceptors (Lipinski definition) is 3. The van der Waals surface area contributed by atoms with Gasteiger partial charge in [0, 0.05) is 37.8 Å². The van der Waals surface area contributed by atoms with Gasteiger partial charge in [-0.15, -0.1) is 0 Å². The Labute approximate surface area is 129 Å². The zero-order valence-electron chi connectivity index (χ0n) is 13.7. The molecular weight excluding hydrogens is 258 g/mol. The third-order valence-corrected chi connectivity index (χ3v) is 5.40. The molecular formula is C18H29N3. The van der Waals surface area contributed by atoms with Crippen molar-refractivity contribution in [3.05, 3.63) is 35.4 Å². The van der Waals surface area contributed by atoms with Crippen molar-refractivity contribution in [2.24, 2.45) is 0 Å². The molecule has 2 fully saturated rings. The first-order valence-corrected chi connectivity index (χ1v) is 8.40. The number of hydrogen-bond donors (Lipinski definition) is 1. The van der Waals surface area contributed by atoms with Crippen LogP contribution in [0.25, 0.3) is 0 Å². The first-order valence-electron chi connectivity index (χ1n) is 8.40. The second-order valence-corrected chi connectivity index (χ2v) is 6.79. The van der Waals surface area contributed by atoms with E-state index in [0.717, 1.165) is 12.6 Å². The van der Waals surface area contributed by atoms with E-state index in [0.29, 0.717) is 12.1 Å². The quantitative estimate of drug-likeness (QED) is 0.917. The highest BCUT2D eigenvalue weighted by Gasteiger charge is 2.35. The average Bonchev–Trinajstić information content (AvgIpc) is 2.92. The average molecular weight is 287 g/mol. The van der Waals surface area contributed by atoms with Crippen LogP contribution in [0.5, 0.6) is 0 Å². The number of fused-ring (bicyclic) bond motifs is 1. The van der Waals surface area contributed by atoms with Crippen molar-refractivity contribution in [2.75, 3.05) is 33.2 Å². The first kappa shape index (κ1) is 15.0. The van der Waals surface area contributed by atoms with Crippen molar-refractivity contribution in [1.29, 1.82) is 0 Å². The van der Waals surface area contributed by atoms with Gasteiger partial charge in [0.15, 0.2) is 0 Å². The van der Waals surface area contributed by atoms with Gasteiger partial charge in [-0.3, -0.25) is 9.80 Å². The Morgan fingerprint density at radius 3 is 2.86 bits per heavy atom. The molecule has 3 atom stereocenters. The largest absolute Gasteiger partial charge is 0.312 e. The molecule has 0 radical (unpaired) electrons. The Morgan fingerprint density at radius 1 is 1.29 bits per heavy atom. The number of nitrogens with one attached hydrogen (secondary N) is 1. The normalized spacial score (nSPS) is 28.5. The molecule has 0 aliphatic carbocycles. The predicted octanol–water partition coefficient (Wildman–Crippen LogP) is 2.42. The van der Waals surface area contributed by atoms with E-state index in [2.05, 4.69) is 60.3 Å². The zero-order valence-corrected chi connectivity index (χ0v) is 13.7. The van der Waals surface area contributed by atoms with Gasteiger partial charge in [0.05, 0.1) is 0 Å². The monoisotopic (exact) mass is 287 g/mol. The van der Waals surface area contributed by atoms with Crippen LogP contribution in [0, 0.1) is 6.92 Å². The molecule has 0 spiro atoms. The van der Waals surface area contributed by atoms with Crippen molar-refractivity contribution in [3.8, 4) is 0 Å². The molecule has 0 saturated carbocycles. The number of benzene rings is 1. The third kappa shape index (κ3) is 3.15. The maximum absolute atomic E-state index is 3.53. The standard InChI is InChI=1S/C18H29N3/c1-14-7-4-5-9-17(14)18(19-3)13-21-12-16-8-6-10-20(16)11-15(21)2/h4-5,7,9,15-16,18-19H,6,8,10-13H2,1-3H3. The van der Waals surface area contributed by atoms with Gasteiger partial charge in [-0.05, 0) is 51.4 Å². The maximum atomic E-state index is 3.53. The van der Waals surface area contributed by atoms with E-state index >= 15 is 0 Å². The van der Waals surface area contributed by atoms with Crippen LogP contribution in [0.15, 0.2) is 24.3 Å². The van der Waals surface area contributed by atoms with Gasteiger partial charge in [0.25, 0.3) is 0 Å². The molecule has 21 heavy (non-hydrogen) atoms. The Hall–Kier alpha value is -0.900. The number of rotatable bonds is 4. The van der Waals surface area contributed by atoms with Crippen LogP contribution in [0.1, 0.15) is 36.9 Å². The van der Waals surface area contributed by atoms with Crippen molar-refractivity contribution in [2.45, 2.75) is 44.8 Å². The van der Waals surface area contributed by atoms with Crippen LogP contribution < -0.4 is 5.32 Å². The molecule has 1 N–H and O–H groups in total. The van der Waals surface area contributed by atoms with Gasteiger partial charge >= 0.3 is 0 Å². The maximum Gasteiger partial charge on any atom is 0.0449 e. The van der Waals surface area contributed by atoms with Crippen LogP contribution in [-0.4, -0.2) is 55.1 Å². The molecule has 2 saturated heterocycles. The molecule has 2 aliphatic heterocycles. The SMILES string of the molecule is CNC(CN1CC2CCCN2CC1C)c1ccccc1C. The summed E-state index contributed by atoms with van der Waals surface area (Å²) in [6.45, 7) is 9.53. The van der Waals surface area contributed by atoms with Crippen molar-refractivity contribution in [3.63, 3.8) is 0 Å². The smallest absolute Gasteiger partial charge is 0.0449 e. The van der Waals surface area contributed by atoms with E-state index in [4.69, 9.17) is 0 Å². The fraction of sp³-hybridized carbons (Fsp3) is 0.667. The number of aryl methyl sites for hydroxylation is 1. The first-order chi connectivity index (χ1) is 10.2. The third-order valence-electron chi connectivity index (χ3n) is 5.40. The molecule has 116 valence electrons. The molecule has 0 amide bonds. The van der Waals surface area contributed by atoms with Gasteiger partial charge in [0.1, 0.15) is 0 Å². The fourth-order valence-corrected chi connectivity index (χ4v) is 4.06. The minimum Gasteiger partial charge on any atom is -0.312 e. The summed E-state index contributed by atoms with van der Waals surface area (Å²) in [5.74, 6) is 0. The summed E-state index contributed by atoms with van der Waals surface area (Å²) in [5, 5.41) is 3.53. The number of likely N-dealkylation sites (N-methyl/N-ethyl adjacent to an activating group) is 1. The van der Waals surface area contributed by atoms with E-state index in [1.165, 1.54) is 43.6 Å². The van der Waals surface area contributed by atoms with Gasteiger partial charge in [-0.1, -0.05) is 24.3 Å². The van der Waals surface area contributed by atoms with Gasteiger partial charge in [-0.25, -0.2) is 0 Å². The van der Waals surface area contributed by atoms with Gasteiger partial charge < -0.3 is 5.32 Å². The molecule has 3 unspecified atom stereocenters. The van der Waals surface area contributed by atoms with Crippen LogP contribution >= 0.6 is 0 Å². The summed E-state index contributed by atoms with van der Waals surface area (Å²) in [5.41, 5.74) is 2.84. The fourth-order valence-electron chi connectivity index (χ4n) is 4.06. The summed E-state index contributed by atoms with van der Waals surface area (Å²) in [6.07, 6.45) is 2.77. The molecule has 1 aromatic rings. The highest BCUT2D eigenvalue weighted by Crippen LogP contribution is 2.27. The molecule has 1 aromatic carbocycles. The molecule has 3 rings (SSSR count). The van der Waals surface area contributed by atoms with Crippen LogP contribution in [0.3, 0.4) is 0 Å². The Kier molecular flexibility index (Phi) is 4.63.